The van der Waals surface area contributed by atoms with Crippen LogP contribution in [0.25, 0.3) is 10.9 Å². The third-order valence-corrected chi connectivity index (χ3v) is 5.79. The minimum Gasteiger partial charge on any atom is -0.493 e. The van der Waals surface area contributed by atoms with Crippen LogP contribution in [-0.2, 0) is 19.9 Å². The molecule has 1 unspecified atom stereocenters. The van der Waals surface area contributed by atoms with Crippen molar-refractivity contribution in [2.24, 2.45) is 7.05 Å². The van der Waals surface area contributed by atoms with Gasteiger partial charge in [-0.15, -0.1) is 0 Å². The number of amides is 1. The number of fused-ring (bicyclic) bond motifs is 3. The molecular weight excluding hydrogens is 368 g/mol. The number of para-hydroxylation sites is 1. The van der Waals surface area contributed by atoms with Gasteiger partial charge in [-0.05, 0) is 43.0 Å². The van der Waals surface area contributed by atoms with Gasteiger partial charge in [-0.2, -0.15) is 0 Å². The van der Waals surface area contributed by atoms with Crippen molar-refractivity contribution in [3.05, 3.63) is 53.2 Å². The van der Waals surface area contributed by atoms with E-state index in [0.717, 1.165) is 19.3 Å². The Bertz CT molecular complexity index is 1050. The highest BCUT2D eigenvalue weighted by molar-refractivity contribution is 5.96. The summed E-state index contributed by atoms with van der Waals surface area (Å²) in [6, 6.07) is 11.9. The molecule has 0 spiro atoms. The molecule has 0 bridgehead atoms. The van der Waals surface area contributed by atoms with Gasteiger partial charge in [0.25, 0.3) is 5.91 Å². The minimum absolute atomic E-state index is 0.0832. The maximum Gasteiger partial charge on any atom is 0.251 e. The fourth-order valence-corrected chi connectivity index (χ4v) is 4.33. The smallest absolute Gasteiger partial charge is 0.251 e. The molecule has 6 nitrogen and oxygen atoms in total. The molecule has 1 aliphatic rings. The second-order valence-electron chi connectivity index (χ2n) is 7.33. The zero-order valence-corrected chi connectivity index (χ0v) is 17.2. The summed E-state index contributed by atoms with van der Waals surface area (Å²) in [6.07, 6.45) is 2.68. The molecule has 3 aromatic rings. The predicted molar refractivity (Wildman–Crippen MR) is 112 cm³/mol. The van der Waals surface area contributed by atoms with Gasteiger partial charge in [0.15, 0.2) is 11.5 Å². The number of ether oxygens (including phenoxy) is 3. The highest BCUT2D eigenvalue weighted by Gasteiger charge is 2.26. The molecule has 4 rings (SSSR count). The van der Waals surface area contributed by atoms with E-state index in [0.29, 0.717) is 22.8 Å². The molecule has 0 saturated carbocycles. The van der Waals surface area contributed by atoms with E-state index in [1.54, 1.807) is 33.5 Å². The van der Waals surface area contributed by atoms with Crippen LogP contribution < -0.4 is 19.5 Å². The van der Waals surface area contributed by atoms with Crippen molar-refractivity contribution >= 4 is 16.8 Å². The summed E-state index contributed by atoms with van der Waals surface area (Å²) in [4.78, 5) is 13.0. The van der Waals surface area contributed by atoms with Crippen LogP contribution >= 0.6 is 0 Å². The number of carbonyl (C=O) groups is 1. The molecule has 0 aliphatic heterocycles. The largest absolute Gasteiger partial charge is 0.493 e. The van der Waals surface area contributed by atoms with E-state index >= 15 is 0 Å². The number of nitrogens with one attached hydrogen (secondary N) is 1. The van der Waals surface area contributed by atoms with Crippen molar-refractivity contribution in [1.82, 2.24) is 9.88 Å². The van der Waals surface area contributed by atoms with Crippen LogP contribution in [0.5, 0.6) is 17.2 Å². The van der Waals surface area contributed by atoms with Crippen molar-refractivity contribution in [3.63, 3.8) is 0 Å². The Kier molecular flexibility index (Phi) is 5.09. The molecule has 152 valence electrons. The van der Waals surface area contributed by atoms with Gasteiger partial charge in [0.1, 0.15) is 0 Å². The number of rotatable bonds is 5. The first-order valence-electron chi connectivity index (χ1n) is 9.73. The van der Waals surface area contributed by atoms with Crippen LogP contribution in [0.1, 0.15) is 28.0 Å². The van der Waals surface area contributed by atoms with E-state index in [1.165, 1.54) is 22.2 Å². The van der Waals surface area contributed by atoms with Gasteiger partial charge in [0.2, 0.25) is 5.75 Å². The number of hydrogen-bond donors (Lipinski definition) is 1. The Labute approximate surface area is 170 Å². The molecule has 1 atom stereocenters. The van der Waals surface area contributed by atoms with Crippen LogP contribution in [0.15, 0.2) is 36.4 Å². The molecule has 2 aromatic carbocycles. The van der Waals surface area contributed by atoms with Crippen LogP contribution in [0.2, 0.25) is 0 Å². The SMILES string of the molecule is COc1cc(C(=O)NC2CCc3c(c4ccccc4n3C)C2)cc(OC)c1OC. The Balaban J connectivity index is 1.58. The first-order chi connectivity index (χ1) is 14.1. The van der Waals surface area contributed by atoms with E-state index < -0.39 is 0 Å². The van der Waals surface area contributed by atoms with E-state index in [2.05, 4.69) is 41.2 Å². The van der Waals surface area contributed by atoms with Gasteiger partial charge in [-0.25, -0.2) is 0 Å². The molecule has 1 aromatic heterocycles. The average molecular weight is 394 g/mol. The van der Waals surface area contributed by atoms with E-state index in [9.17, 15) is 4.79 Å². The second kappa shape index (κ2) is 7.70. The first kappa shape index (κ1) is 19.2. The Hall–Kier alpha value is -3.15. The normalized spacial score (nSPS) is 15.7. The highest BCUT2D eigenvalue weighted by atomic mass is 16.5. The monoisotopic (exact) mass is 394 g/mol. The molecule has 0 radical (unpaired) electrons. The fraction of sp³-hybridized carbons (Fsp3) is 0.348. The summed E-state index contributed by atoms with van der Waals surface area (Å²) in [7, 11) is 6.75. The Morgan fingerprint density at radius 1 is 1.07 bits per heavy atom. The lowest BCUT2D eigenvalue weighted by molar-refractivity contribution is 0.0932. The predicted octanol–water partition coefficient (Wildman–Crippen LogP) is 3.49. The average Bonchev–Trinajstić information content (AvgIpc) is 3.04. The van der Waals surface area contributed by atoms with Gasteiger partial charge in [-0.1, -0.05) is 18.2 Å². The van der Waals surface area contributed by atoms with Gasteiger partial charge < -0.3 is 24.1 Å². The number of carbonyl (C=O) groups excluding carboxylic acids is 1. The lowest BCUT2D eigenvalue weighted by Gasteiger charge is -2.25. The van der Waals surface area contributed by atoms with Gasteiger partial charge in [-0.3, -0.25) is 4.79 Å². The summed E-state index contributed by atoms with van der Waals surface area (Å²) >= 11 is 0. The summed E-state index contributed by atoms with van der Waals surface area (Å²) in [6.45, 7) is 0. The zero-order valence-electron chi connectivity index (χ0n) is 17.2. The first-order valence-corrected chi connectivity index (χ1v) is 9.73. The van der Waals surface area contributed by atoms with Crippen LogP contribution in [0.3, 0.4) is 0 Å². The maximum absolute atomic E-state index is 13.0. The quantitative estimate of drug-likeness (QED) is 0.720. The fourth-order valence-electron chi connectivity index (χ4n) is 4.33. The Morgan fingerprint density at radius 3 is 2.41 bits per heavy atom. The molecule has 0 fully saturated rings. The van der Waals surface area contributed by atoms with Crippen LogP contribution in [0.4, 0.5) is 0 Å². The van der Waals surface area contributed by atoms with E-state index in [1.807, 2.05) is 0 Å². The number of nitrogens with zero attached hydrogens (tertiary/aromatic N) is 1. The summed E-state index contributed by atoms with van der Waals surface area (Å²) in [5.41, 5.74) is 4.44. The summed E-state index contributed by atoms with van der Waals surface area (Å²) in [5.74, 6) is 1.27. The number of methoxy groups -OCH3 is 3. The van der Waals surface area contributed by atoms with Crippen LogP contribution in [-0.4, -0.2) is 37.8 Å². The van der Waals surface area contributed by atoms with E-state index in [4.69, 9.17) is 14.2 Å². The van der Waals surface area contributed by atoms with Crippen molar-refractivity contribution in [1.29, 1.82) is 0 Å². The molecule has 0 saturated heterocycles. The third kappa shape index (κ3) is 3.28. The van der Waals surface area contributed by atoms with Crippen molar-refractivity contribution in [2.45, 2.75) is 25.3 Å². The molecular formula is C23H26N2O4. The number of benzene rings is 2. The molecule has 1 N–H and O–H groups in total. The number of aromatic nitrogens is 1. The standard InChI is InChI=1S/C23H26N2O4/c1-25-18-8-6-5-7-16(18)17-13-15(9-10-19(17)25)24-23(26)14-11-20(27-2)22(29-4)21(12-14)28-3/h5-8,11-12,15H,9-10,13H2,1-4H3,(H,24,26). The molecule has 1 heterocycles. The number of aryl methyl sites for hydroxylation is 1. The highest BCUT2D eigenvalue weighted by Crippen LogP contribution is 2.38. The summed E-state index contributed by atoms with van der Waals surface area (Å²) in [5, 5.41) is 4.46. The molecule has 29 heavy (non-hydrogen) atoms. The number of hydrogen-bond acceptors (Lipinski definition) is 4. The lowest BCUT2D eigenvalue weighted by atomic mass is 9.91. The molecule has 1 amide bonds. The van der Waals surface area contributed by atoms with Crippen molar-refractivity contribution < 1.29 is 19.0 Å². The lowest BCUT2D eigenvalue weighted by Crippen LogP contribution is -2.39. The maximum atomic E-state index is 13.0. The molecule has 6 heteroatoms. The third-order valence-electron chi connectivity index (χ3n) is 5.79. The zero-order chi connectivity index (χ0) is 20.5. The van der Waals surface area contributed by atoms with Crippen molar-refractivity contribution in [3.8, 4) is 17.2 Å². The summed E-state index contributed by atoms with van der Waals surface area (Å²) < 4.78 is 18.4. The van der Waals surface area contributed by atoms with Gasteiger partial charge >= 0.3 is 0 Å². The van der Waals surface area contributed by atoms with E-state index in [-0.39, 0.29) is 11.9 Å². The molecule has 1 aliphatic carbocycles. The Morgan fingerprint density at radius 2 is 1.76 bits per heavy atom. The van der Waals surface area contributed by atoms with Crippen LogP contribution in [0, 0.1) is 0 Å². The van der Waals surface area contributed by atoms with Gasteiger partial charge in [0.05, 0.1) is 21.3 Å². The van der Waals surface area contributed by atoms with Crippen molar-refractivity contribution in [2.75, 3.05) is 21.3 Å². The second-order valence-corrected chi connectivity index (χ2v) is 7.33. The van der Waals surface area contributed by atoms with Gasteiger partial charge in [0, 0.05) is 35.2 Å². The minimum atomic E-state index is -0.141. The topological polar surface area (TPSA) is 61.7 Å².